The Hall–Kier alpha value is -3.26. The van der Waals surface area contributed by atoms with Crippen molar-refractivity contribution < 1.29 is 17.6 Å². The summed E-state index contributed by atoms with van der Waals surface area (Å²) in [5, 5.41) is 2.71. The van der Waals surface area contributed by atoms with Gasteiger partial charge in [-0.3, -0.25) is 14.1 Å². The van der Waals surface area contributed by atoms with E-state index in [1.807, 2.05) is 6.92 Å². The molecule has 0 aliphatic rings. The maximum atomic E-state index is 13.2. The van der Waals surface area contributed by atoms with Crippen LogP contribution in [-0.4, -0.2) is 25.9 Å². The van der Waals surface area contributed by atoms with Gasteiger partial charge in [0, 0.05) is 18.9 Å². The van der Waals surface area contributed by atoms with Crippen molar-refractivity contribution in [2.45, 2.75) is 18.4 Å². The van der Waals surface area contributed by atoms with Crippen LogP contribution in [0, 0.1) is 12.7 Å². The summed E-state index contributed by atoms with van der Waals surface area (Å²) in [5.41, 5.74) is 2.14. The molecule has 8 heteroatoms. The van der Waals surface area contributed by atoms with Gasteiger partial charge >= 0.3 is 0 Å². The van der Waals surface area contributed by atoms with Crippen LogP contribution >= 0.6 is 0 Å². The van der Waals surface area contributed by atoms with Gasteiger partial charge in [-0.25, -0.2) is 12.8 Å². The molecule has 3 rings (SSSR count). The molecule has 1 aromatic heterocycles. The molecule has 0 saturated carbocycles. The van der Waals surface area contributed by atoms with Crippen molar-refractivity contribution in [3.8, 4) is 0 Å². The molecule has 0 aliphatic heterocycles. The number of carbonyl (C=O) groups is 1. The minimum Gasteiger partial charge on any atom is -0.350 e. The summed E-state index contributed by atoms with van der Waals surface area (Å²) in [6.45, 7) is 1.72. The van der Waals surface area contributed by atoms with Gasteiger partial charge in [0.25, 0.3) is 10.0 Å². The number of nitrogens with one attached hydrogen (secondary N) is 1. The number of amides is 1. The summed E-state index contributed by atoms with van der Waals surface area (Å²) >= 11 is 0. The predicted molar refractivity (Wildman–Crippen MR) is 108 cm³/mol. The number of aromatic nitrogens is 1. The van der Waals surface area contributed by atoms with E-state index >= 15 is 0 Å². The Morgan fingerprint density at radius 1 is 1.00 bits per heavy atom. The zero-order valence-electron chi connectivity index (χ0n) is 15.7. The number of benzene rings is 2. The molecule has 2 aromatic carbocycles. The van der Waals surface area contributed by atoms with E-state index in [0.29, 0.717) is 5.69 Å². The average Bonchev–Trinajstić information content (AvgIpc) is 2.72. The fourth-order valence-corrected chi connectivity index (χ4v) is 4.07. The maximum Gasteiger partial charge on any atom is 0.264 e. The number of aryl methyl sites for hydroxylation is 1. The minimum atomic E-state index is -4.07. The maximum absolute atomic E-state index is 13.2. The Labute approximate surface area is 169 Å². The van der Waals surface area contributed by atoms with Crippen LogP contribution in [0.2, 0.25) is 0 Å². The van der Waals surface area contributed by atoms with Gasteiger partial charge in [0.05, 0.1) is 10.6 Å². The highest BCUT2D eigenvalue weighted by Crippen LogP contribution is 2.24. The number of hydrogen-bond acceptors (Lipinski definition) is 4. The highest BCUT2D eigenvalue weighted by atomic mass is 32.2. The molecular weight excluding hydrogens is 393 g/mol. The van der Waals surface area contributed by atoms with Crippen molar-refractivity contribution in [1.29, 1.82) is 0 Å². The SMILES string of the molecule is Cc1ccc(N(CC(=O)NCc2ccncc2)S(=O)(=O)c2ccc(F)cc2)cc1. The molecule has 1 N–H and O–H groups in total. The Morgan fingerprint density at radius 3 is 2.24 bits per heavy atom. The van der Waals surface area contributed by atoms with Gasteiger partial charge in [-0.15, -0.1) is 0 Å². The van der Waals surface area contributed by atoms with Crippen LogP contribution in [0.3, 0.4) is 0 Å². The Kier molecular flexibility index (Phi) is 6.23. The normalized spacial score (nSPS) is 11.1. The number of carbonyl (C=O) groups excluding carboxylic acids is 1. The van der Waals surface area contributed by atoms with Crippen LogP contribution in [0.5, 0.6) is 0 Å². The first-order valence-corrected chi connectivity index (χ1v) is 10.3. The largest absolute Gasteiger partial charge is 0.350 e. The van der Waals surface area contributed by atoms with Crippen LogP contribution in [-0.2, 0) is 21.4 Å². The fraction of sp³-hybridized carbons (Fsp3) is 0.143. The number of halogens is 1. The Balaban J connectivity index is 1.86. The fourth-order valence-electron chi connectivity index (χ4n) is 2.65. The molecule has 0 atom stereocenters. The quantitative estimate of drug-likeness (QED) is 0.646. The van der Waals surface area contributed by atoms with Gasteiger partial charge < -0.3 is 5.32 Å². The lowest BCUT2D eigenvalue weighted by atomic mass is 10.2. The van der Waals surface area contributed by atoms with Crippen LogP contribution in [0.25, 0.3) is 0 Å². The smallest absolute Gasteiger partial charge is 0.264 e. The molecule has 0 radical (unpaired) electrons. The number of anilines is 1. The zero-order chi connectivity index (χ0) is 20.9. The highest BCUT2D eigenvalue weighted by Gasteiger charge is 2.27. The van der Waals surface area contributed by atoms with Crippen molar-refractivity contribution in [3.63, 3.8) is 0 Å². The topological polar surface area (TPSA) is 79.4 Å². The Bertz CT molecular complexity index is 1070. The van der Waals surface area contributed by atoms with Crippen molar-refractivity contribution in [1.82, 2.24) is 10.3 Å². The molecule has 0 fully saturated rings. The van der Waals surface area contributed by atoms with Crippen molar-refractivity contribution in [2.24, 2.45) is 0 Å². The molecule has 0 unspecified atom stereocenters. The van der Waals surface area contributed by atoms with Gasteiger partial charge in [0.15, 0.2) is 0 Å². The lowest BCUT2D eigenvalue weighted by molar-refractivity contribution is -0.119. The van der Waals surface area contributed by atoms with E-state index in [2.05, 4.69) is 10.3 Å². The molecule has 6 nitrogen and oxygen atoms in total. The Morgan fingerprint density at radius 2 is 1.62 bits per heavy atom. The molecule has 29 heavy (non-hydrogen) atoms. The number of hydrogen-bond donors (Lipinski definition) is 1. The van der Waals surface area contributed by atoms with Crippen LogP contribution in [0.4, 0.5) is 10.1 Å². The second-order valence-corrected chi connectivity index (χ2v) is 8.30. The van der Waals surface area contributed by atoms with E-state index in [1.165, 1.54) is 12.1 Å². The molecular formula is C21H20FN3O3S. The molecule has 0 spiro atoms. The summed E-state index contributed by atoms with van der Waals surface area (Å²) in [5.74, 6) is -1.01. The standard InChI is InChI=1S/C21H20FN3O3S/c1-16-2-6-19(7-3-16)25(29(27,28)20-8-4-18(22)5-9-20)15-21(26)24-14-17-10-12-23-13-11-17/h2-13H,14-15H2,1H3,(H,24,26). The van der Waals surface area contributed by atoms with E-state index in [1.54, 1.807) is 48.8 Å². The van der Waals surface area contributed by atoms with Gasteiger partial charge in [-0.2, -0.15) is 0 Å². The summed E-state index contributed by atoms with van der Waals surface area (Å²) in [6, 6.07) is 14.8. The van der Waals surface area contributed by atoms with Gasteiger partial charge in [0.2, 0.25) is 5.91 Å². The first kappa shape index (κ1) is 20.5. The van der Waals surface area contributed by atoms with Gasteiger partial charge in [-0.05, 0) is 61.0 Å². The first-order chi connectivity index (χ1) is 13.9. The van der Waals surface area contributed by atoms with Gasteiger partial charge in [-0.1, -0.05) is 17.7 Å². The second-order valence-electron chi connectivity index (χ2n) is 6.43. The lowest BCUT2D eigenvalue weighted by Gasteiger charge is -2.24. The summed E-state index contributed by atoms with van der Waals surface area (Å²) in [7, 11) is -4.07. The molecule has 3 aromatic rings. The number of rotatable bonds is 7. The van der Waals surface area contributed by atoms with Crippen molar-refractivity contribution in [2.75, 3.05) is 10.8 Å². The number of nitrogens with zero attached hydrogens (tertiary/aromatic N) is 2. The van der Waals surface area contributed by atoms with Gasteiger partial charge in [0.1, 0.15) is 12.4 Å². The van der Waals surface area contributed by atoms with Crippen LogP contribution in [0.15, 0.2) is 78.0 Å². The lowest BCUT2D eigenvalue weighted by Crippen LogP contribution is -2.40. The molecule has 1 amide bonds. The second kappa shape index (κ2) is 8.83. The third kappa shape index (κ3) is 5.17. The van der Waals surface area contributed by atoms with E-state index in [4.69, 9.17) is 0 Å². The third-order valence-corrected chi connectivity index (χ3v) is 6.04. The van der Waals surface area contributed by atoms with E-state index in [9.17, 15) is 17.6 Å². The van der Waals surface area contributed by atoms with E-state index < -0.39 is 28.3 Å². The highest BCUT2D eigenvalue weighted by molar-refractivity contribution is 7.92. The molecule has 0 saturated heterocycles. The molecule has 150 valence electrons. The molecule has 1 heterocycles. The third-order valence-electron chi connectivity index (χ3n) is 4.25. The molecule has 0 bridgehead atoms. The predicted octanol–water partition coefficient (Wildman–Crippen LogP) is 3.04. The first-order valence-electron chi connectivity index (χ1n) is 8.87. The summed E-state index contributed by atoms with van der Waals surface area (Å²) in [4.78, 5) is 16.3. The van der Waals surface area contributed by atoms with Crippen LogP contribution in [0.1, 0.15) is 11.1 Å². The minimum absolute atomic E-state index is 0.0959. The monoisotopic (exact) mass is 413 g/mol. The summed E-state index contributed by atoms with van der Waals surface area (Å²) in [6.07, 6.45) is 3.22. The van der Waals surface area contributed by atoms with Crippen molar-refractivity contribution >= 4 is 21.6 Å². The summed E-state index contributed by atoms with van der Waals surface area (Å²) < 4.78 is 40.6. The van der Waals surface area contributed by atoms with Crippen molar-refractivity contribution in [3.05, 3.63) is 90.0 Å². The van der Waals surface area contributed by atoms with Crippen LogP contribution < -0.4 is 9.62 Å². The number of sulfonamides is 1. The molecule has 0 aliphatic carbocycles. The average molecular weight is 413 g/mol. The van der Waals surface area contributed by atoms with E-state index in [0.717, 1.165) is 27.6 Å². The zero-order valence-corrected chi connectivity index (χ0v) is 16.6. The number of pyridine rings is 1. The van der Waals surface area contributed by atoms with E-state index in [-0.39, 0.29) is 11.4 Å².